The SMILES string of the molecule is O=C(CN(C1CCCCC1)S(=O)(=O)c1ccc(F)cc1)N1CCc2sccc2C1c1ccc(Cl)cc1Cl. The highest BCUT2D eigenvalue weighted by Crippen LogP contribution is 2.41. The third-order valence-corrected chi connectivity index (χ3v) is 10.7. The number of carbonyl (C=O) groups is 1. The summed E-state index contributed by atoms with van der Waals surface area (Å²) in [5.41, 5.74) is 1.75. The van der Waals surface area contributed by atoms with E-state index in [0.717, 1.165) is 42.5 Å². The molecular formula is C27H27Cl2FN2O3S2. The van der Waals surface area contributed by atoms with Crippen LogP contribution in [0.3, 0.4) is 0 Å². The van der Waals surface area contributed by atoms with Gasteiger partial charge in [0.15, 0.2) is 0 Å². The minimum atomic E-state index is -4.02. The molecule has 1 aliphatic carbocycles. The van der Waals surface area contributed by atoms with Gasteiger partial charge in [-0.3, -0.25) is 4.79 Å². The van der Waals surface area contributed by atoms with E-state index in [2.05, 4.69) is 0 Å². The second-order valence-corrected chi connectivity index (χ2v) is 13.2. The normalized spacial score (nSPS) is 18.7. The highest BCUT2D eigenvalue weighted by atomic mass is 35.5. The van der Waals surface area contributed by atoms with Crippen molar-refractivity contribution in [1.29, 1.82) is 0 Å². The van der Waals surface area contributed by atoms with Crippen molar-refractivity contribution in [3.8, 4) is 0 Å². The zero-order valence-electron chi connectivity index (χ0n) is 20.1. The molecule has 1 amide bonds. The summed E-state index contributed by atoms with van der Waals surface area (Å²) in [6.45, 7) is 0.163. The van der Waals surface area contributed by atoms with E-state index in [9.17, 15) is 17.6 Å². The lowest BCUT2D eigenvalue weighted by Gasteiger charge is -2.39. The predicted molar refractivity (Wildman–Crippen MR) is 145 cm³/mol. The Kier molecular flexibility index (Phi) is 7.93. The Morgan fingerprint density at radius 2 is 1.76 bits per heavy atom. The first kappa shape index (κ1) is 26.6. The van der Waals surface area contributed by atoms with Crippen molar-refractivity contribution < 1.29 is 17.6 Å². The lowest BCUT2D eigenvalue weighted by Crippen LogP contribution is -2.50. The fraction of sp³-hybridized carbons (Fsp3) is 0.370. The molecule has 5 nitrogen and oxygen atoms in total. The quantitative estimate of drug-likeness (QED) is 0.326. The molecule has 196 valence electrons. The molecule has 10 heteroatoms. The highest BCUT2D eigenvalue weighted by Gasteiger charge is 2.39. The largest absolute Gasteiger partial charge is 0.330 e. The minimum absolute atomic E-state index is 0.0108. The average molecular weight is 582 g/mol. The van der Waals surface area contributed by atoms with E-state index in [1.165, 1.54) is 21.3 Å². The molecule has 5 rings (SSSR count). The molecule has 0 radical (unpaired) electrons. The van der Waals surface area contributed by atoms with E-state index in [1.54, 1.807) is 28.4 Å². The summed E-state index contributed by atoms with van der Waals surface area (Å²) in [7, 11) is -4.02. The van der Waals surface area contributed by atoms with Gasteiger partial charge in [-0.25, -0.2) is 12.8 Å². The standard InChI is InChI=1S/C27H27Cl2FN2O3S2/c28-18-6-11-22(24(29)16-18)27-23-13-15-36-25(23)12-14-31(27)26(33)17-32(20-4-2-1-3-5-20)37(34,35)21-9-7-19(30)8-10-21/h6-11,13,15-16,20,27H,1-5,12,14,17H2. The maximum Gasteiger partial charge on any atom is 0.243 e. The Morgan fingerprint density at radius 3 is 2.46 bits per heavy atom. The number of halogens is 3. The fourth-order valence-corrected chi connectivity index (χ4v) is 8.44. The van der Waals surface area contributed by atoms with E-state index in [1.807, 2.05) is 17.5 Å². The molecule has 0 N–H and O–H groups in total. The van der Waals surface area contributed by atoms with Gasteiger partial charge in [0.25, 0.3) is 0 Å². The molecule has 2 aromatic carbocycles. The van der Waals surface area contributed by atoms with Crippen LogP contribution < -0.4 is 0 Å². The van der Waals surface area contributed by atoms with Gasteiger partial charge in [0.05, 0.1) is 17.5 Å². The molecule has 1 unspecified atom stereocenters. The molecule has 3 aromatic rings. The van der Waals surface area contributed by atoms with Gasteiger partial charge in [-0.05, 0) is 78.2 Å². The summed E-state index contributed by atoms with van der Waals surface area (Å²) in [4.78, 5) is 16.9. The number of hydrogen-bond donors (Lipinski definition) is 0. The number of sulfonamides is 1. The monoisotopic (exact) mass is 580 g/mol. The molecule has 1 aromatic heterocycles. The summed E-state index contributed by atoms with van der Waals surface area (Å²) in [6.07, 6.45) is 4.91. The van der Waals surface area contributed by atoms with Crippen molar-refractivity contribution in [2.24, 2.45) is 0 Å². The number of hydrogen-bond acceptors (Lipinski definition) is 4. The number of thiophene rings is 1. The van der Waals surface area contributed by atoms with Gasteiger partial charge < -0.3 is 4.90 Å². The average Bonchev–Trinajstić information content (AvgIpc) is 3.37. The van der Waals surface area contributed by atoms with Crippen LogP contribution in [0.4, 0.5) is 4.39 Å². The summed E-state index contributed by atoms with van der Waals surface area (Å²) in [5, 5.41) is 2.96. The van der Waals surface area contributed by atoms with Crippen LogP contribution in [0.5, 0.6) is 0 Å². The molecule has 0 bridgehead atoms. The second-order valence-electron chi connectivity index (χ2n) is 9.50. The number of benzene rings is 2. The summed E-state index contributed by atoms with van der Waals surface area (Å²) in [6, 6.07) is 11.3. The zero-order valence-corrected chi connectivity index (χ0v) is 23.2. The molecule has 2 aliphatic rings. The first-order valence-corrected chi connectivity index (χ1v) is 15.4. The number of fused-ring (bicyclic) bond motifs is 1. The minimum Gasteiger partial charge on any atom is -0.330 e. The number of carbonyl (C=O) groups excluding carboxylic acids is 1. The summed E-state index contributed by atoms with van der Waals surface area (Å²) >= 11 is 14.4. The smallest absolute Gasteiger partial charge is 0.243 e. The van der Waals surface area contributed by atoms with Crippen molar-refractivity contribution in [3.63, 3.8) is 0 Å². The fourth-order valence-electron chi connectivity index (χ4n) is 5.39. The lowest BCUT2D eigenvalue weighted by molar-refractivity contribution is -0.133. The van der Waals surface area contributed by atoms with Gasteiger partial charge in [0.2, 0.25) is 15.9 Å². The van der Waals surface area contributed by atoms with Crippen LogP contribution in [0.2, 0.25) is 10.0 Å². The second kappa shape index (κ2) is 11.0. The van der Waals surface area contributed by atoms with Gasteiger partial charge in [-0.2, -0.15) is 4.31 Å². The van der Waals surface area contributed by atoms with Crippen LogP contribution >= 0.6 is 34.5 Å². The molecular weight excluding hydrogens is 554 g/mol. The van der Waals surface area contributed by atoms with Gasteiger partial charge in [-0.15, -0.1) is 11.3 Å². The van der Waals surface area contributed by atoms with Crippen molar-refractivity contribution in [2.75, 3.05) is 13.1 Å². The van der Waals surface area contributed by atoms with Gasteiger partial charge in [0.1, 0.15) is 5.82 Å². The first-order chi connectivity index (χ1) is 17.8. The van der Waals surface area contributed by atoms with E-state index in [-0.39, 0.29) is 23.4 Å². The van der Waals surface area contributed by atoms with Gasteiger partial charge >= 0.3 is 0 Å². The predicted octanol–water partition coefficient (Wildman–Crippen LogP) is 6.69. The van der Waals surface area contributed by atoms with Gasteiger partial charge in [-0.1, -0.05) is 48.5 Å². The third-order valence-electron chi connectivity index (χ3n) is 7.24. The molecule has 1 aliphatic heterocycles. The Bertz CT molecular complexity index is 1390. The van der Waals surface area contributed by atoms with Crippen molar-refractivity contribution in [2.45, 2.75) is 55.5 Å². The van der Waals surface area contributed by atoms with E-state index in [0.29, 0.717) is 35.9 Å². The van der Waals surface area contributed by atoms with Crippen LogP contribution in [0.25, 0.3) is 0 Å². The highest BCUT2D eigenvalue weighted by molar-refractivity contribution is 7.89. The topological polar surface area (TPSA) is 57.7 Å². The third kappa shape index (κ3) is 5.45. The number of amides is 1. The lowest BCUT2D eigenvalue weighted by atomic mass is 9.93. The van der Waals surface area contributed by atoms with Crippen LogP contribution in [0.1, 0.15) is 54.1 Å². The Balaban J connectivity index is 1.50. The van der Waals surface area contributed by atoms with Crippen LogP contribution in [-0.4, -0.2) is 42.7 Å². The molecule has 1 fully saturated rings. The van der Waals surface area contributed by atoms with E-state index in [4.69, 9.17) is 23.2 Å². The molecule has 1 saturated carbocycles. The maximum atomic E-state index is 14.0. The molecule has 0 spiro atoms. The molecule has 37 heavy (non-hydrogen) atoms. The number of rotatable bonds is 6. The van der Waals surface area contributed by atoms with Crippen LogP contribution in [0.15, 0.2) is 58.8 Å². The molecule has 2 heterocycles. The Morgan fingerprint density at radius 1 is 1.03 bits per heavy atom. The van der Waals surface area contributed by atoms with Crippen LogP contribution in [0, 0.1) is 5.82 Å². The van der Waals surface area contributed by atoms with Gasteiger partial charge in [0, 0.05) is 27.5 Å². The Hall–Kier alpha value is -1.97. The zero-order chi connectivity index (χ0) is 26.2. The van der Waals surface area contributed by atoms with E-state index >= 15 is 0 Å². The van der Waals surface area contributed by atoms with E-state index < -0.39 is 21.9 Å². The number of nitrogens with zero attached hydrogens (tertiary/aromatic N) is 2. The summed E-state index contributed by atoms with van der Waals surface area (Å²) < 4.78 is 42.4. The van der Waals surface area contributed by atoms with Crippen molar-refractivity contribution >= 4 is 50.5 Å². The maximum absolute atomic E-state index is 14.0. The first-order valence-electron chi connectivity index (χ1n) is 12.3. The van der Waals surface area contributed by atoms with Crippen molar-refractivity contribution in [1.82, 2.24) is 9.21 Å². The molecule has 0 saturated heterocycles. The van der Waals surface area contributed by atoms with Crippen LogP contribution in [-0.2, 0) is 21.2 Å². The van der Waals surface area contributed by atoms with Crippen molar-refractivity contribution in [3.05, 3.63) is 85.8 Å². The Labute approximate surface area is 230 Å². The summed E-state index contributed by atoms with van der Waals surface area (Å²) in [5.74, 6) is -0.800. The molecule has 1 atom stereocenters.